The van der Waals surface area contributed by atoms with Gasteiger partial charge in [-0.15, -0.1) is 0 Å². The Morgan fingerprint density at radius 2 is 1.53 bits per heavy atom. The van der Waals surface area contributed by atoms with Crippen molar-refractivity contribution in [1.82, 2.24) is 0 Å². The second-order valence-electron chi connectivity index (χ2n) is 3.59. The Bertz CT molecular complexity index is 408. The number of hydrogen-bond donors (Lipinski definition) is 2. The van der Waals surface area contributed by atoms with Crippen molar-refractivity contribution in [3.8, 4) is 17.2 Å². The van der Waals surface area contributed by atoms with E-state index in [4.69, 9.17) is 19.9 Å². The van der Waals surface area contributed by atoms with Crippen LogP contribution in [0.5, 0.6) is 17.2 Å². The fourth-order valence-corrected chi connectivity index (χ4v) is 1.60. The van der Waals surface area contributed by atoms with Gasteiger partial charge < -0.3 is 25.3 Å². The van der Waals surface area contributed by atoms with Gasteiger partial charge in [0.2, 0.25) is 5.75 Å². The molecule has 0 aliphatic rings. The van der Waals surface area contributed by atoms with Crippen LogP contribution in [0, 0.1) is 0 Å². The molecule has 19 heavy (non-hydrogen) atoms. The number of carbonyl (C=O) groups excluding carboxylic acids is 1. The van der Waals surface area contributed by atoms with Crippen LogP contribution in [-0.4, -0.2) is 25.9 Å². The van der Waals surface area contributed by atoms with Crippen molar-refractivity contribution in [2.75, 3.05) is 25.1 Å². The highest BCUT2D eigenvalue weighted by atomic mass is 16.5. The molecule has 0 saturated heterocycles. The lowest BCUT2D eigenvalue weighted by Gasteiger charge is -2.17. The first-order chi connectivity index (χ1) is 9.12. The average molecular weight is 268 g/mol. The van der Waals surface area contributed by atoms with Crippen molar-refractivity contribution in [3.05, 3.63) is 12.1 Å². The Balaban J connectivity index is 3.20. The van der Waals surface area contributed by atoms with Crippen LogP contribution in [0.4, 0.5) is 10.5 Å². The Hall–Kier alpha value is -2.11. The smallest absolute Gasteiger partial charge is 0.316 e. The molecule has 0 aliphatic carbocycles. The van der Waals surface area contributed by atoms with Gasteiger partial charge in [0.25, 0.3) is 0 Å². The SMILES string of the molecule is CCOc1cc(NC(N)=O)cc(OCC)c1OCC. The number of nitrogens with one attached hydrogen (secondary N) is 1. The van der Waals surface area contributed by atoms with Crippen LogP contribution in [0.25, 0.3) is 0 Å². The lowest BCUT2D eigenvalue weighted by atomic mass is 10.2. The number of ether oxygens (including phenoxy) is 3. The Morgan fingerprint density at radius 1 is 1.05 bits per heavy atom. The first-order valence-electron chi connectivity index (χ1n) is 6.25. The zero-order chi connectivity index (χ0) is 14.3. The molecule has 1 aromatic rings. The van der Waals surface area contributed by atoms with E-state index >= 15 is 0 Å². The molecular formula is C13H20N2O4. The number of urea groups is 1. The molecule has 0 radical (unpaired) electrons. The van der Waals surface area contributed by atoms with Gasteiger partial charge in [-0.2, -0.15) is 0 Å². The summed E-state index contributed by atoms with van der Waals surface area (Å²) in [4.78, 5) is 10.9. The fraction of sp³-hybridized carbons (Fsp3) is 0.462. The summed E-state index contributed by atoms with van der Waals surface area (Å²) in [5.74, 6) is 1.55. The molecular weight excluding hydrogens is 248 g/mol. The number of benzene rings is 1. The van der Waals surface area contributed by atoms with Crippen LogP contribution in [-0.2, 0) is 0 Å². The van der Waals surface area contributed by atoms with Crippen LogP contribution < -0.4 is 25.3 Å². The van der Waals surface area contributed by atoms with Crippen molar-refractivity contribution in [2.24, 2.45) is 5.73 Å². The van der Waals surface area contributed by atoms with E-state index in [1.165, 1.54) is 0 Å². The zero-order valence-corrected chi connectivity index (χ0v) is 11.5. The molecule has 0 aliphatic heterocycles. The zero-order valence-electron chi connectivity index (χ0n) is 11.5. The van der Waals surface area contributed by atoms with Crippen molar-refractivity contribution in [3.63, 3.8) is 0 Å². The maximum absolute atomic E-state index is 10.9. The van der Waals surface area contributed by atoms with Gasteiger partial charge in [0.05, 0.1) is 25.5 Å². The molecule has 0 atom stereocenters. The minimum Gasteiger partial charge on any atom is -0.490 e. The Kier molecular flexibility index (Phi) is 5.78. The summed E-state index contributed by atoms with van der Waals surface area (Å²) in [6.45, 7) is 7.05. The van der Waals surface area contributed by atoms with Gasteiger partial charge in [-0.1, -0.05) is 0 Å². The average Bonchev–Trinajstić information content (AvgIpc) is 2.33. The number of carbonyl (C=O) groups is 1. The molecule has 0 heterocycles. The molecule has 1 rings (SSSR count). The number of anilines is 1. The molecule has 2 amide bonds. The third kappa shape index (κ3) is 4.24. The lowest BCUT2D eigenvalue weighted by Crippen LogP contribution is -2.19. The van der Waals surface area contributed by atoms with Crippen LogP contribution in [0.2, 0.25) is 0 Å². The van der Waals surface area contributed by atoms with Gasteiger partial charge in [0, 0.05) is 12.1 Å². The normalized spacial score (nSPS) is 9.84. The maximum atomic E-state index is 10.9. The molecule has 0 bridgehead atoms. The summed E-state index contributed by atoms with van der Waals surface area (Å²) in [5.41, 5.74) is 5.61. The number of primary amides is 1. The second kappa shape index (κ2) is 7.35. The van der Waals surface area contributed by atoms with Crippen molar-refractivity contribution in [1.29, 1.82) is 0 Å². The summed E-state index contributed by atoms with van der Waals surface area (Å²) in [6, 6.07) is 2.66. The third-order valence-corrected chi connectivity index (χ3v) is 2.18. The van der Waals surface area contributed by atoms with Gasteiger partial charge >= 0.3 is 6.03 Å². The lowest BCUT2D eigenvalue weighted by molar-refractivity contribution is 0.258. The van der Waals surface area contributed by atoms with E-state index in [1.807, 2.05) is 20.8 Å². The fourth-order valence-electron chi connectivity index (χ4n) is 1.60. The highest BCUT2D eigenvalue weighted by Gasteiger charge is 2.15. The summed E-state index contributed by atoms with van der Waals surface area (Å²) < 4.78 is 16.5. The van der Waals surface area contributed by atoms with Crippen LogP contribution in [0.15, 0.2) is 12.1 Å². The van der Waals surface area contributed by atoms with Gasteiger partial charge in [-0.3, -0.25) is 0 Å². The topological polar surface area (TPSA) is 82.8 Å². The van der Waals surface area contributed by atoms with Crippen LogP contribution in [0.3, 0.4) is 0 Å². The van der Waals surface area contributed by atoms with Crippen molar-refractivity contribution >= 4 is 11.7 Å². The van der Waals surface area contributed by atoms with E-state index < -0.39 is 6.03 Å². The molecule has 6 heteroatoms. The van der Waals surface area contributed by atoms with E-state index in [0.29, 0.717) is 42.8 Å². The summed E-state index contributed by atoms with van der Waals surface area (Å²) in [5, 5.41) is 2.50. The quantitative estimate of drug-likeness (QED) is 0.795. The number of nitrogens with two attached hydrogens (primary N) is 1. The van der Waals surface area contributed by atoms with Crippen LogP contribution in [0.1, 0.15) is 20.8 Å². The Morgan fingerprint density at radius 3 is 1.89 bits per heavy atom. The minimum atomic E-state index is -0.644. The standard InChI is InChI=1S/C13H20N2O4/c1-4-17-10-7-9(15-13(14)16)8-11(18-5-2)12(10)19-6-3/h7-8H,4-6H2,1-3H3,(H3,14,15,16). The first kappa shape index (κ1) is 14.9. The molecule has 3 N–H and O–H groups in total. The van der Waals surface area contributed by atoms with E-state index in [9.17, 15) is 4.79 Å². The third-order valence-electron chi connectivity index (χ3n) is 2.18. The van der Waals surface area contributed by atoms with Crippen molar-refractivity contribution < 1.29 is 19.0 Å². The van der Waals surface area contributed by atoms with Gasteiger partial charge in [0.1, 0.15) is 0 Å². The van der Waals surface area contributed by atoms with Crippen molar-refractivity contribution in [2.45, 2.75) is 20.8 Å². The molecule has 0 spiro atoms. The van der Waals surface area contributed by atoms with Gasteiger partial charge in [-0.05, 0) is 20.8 Å². The number of amides is 2. The van der Waals surface area contributed by atoms with Gasteiger partial charge in [0.15, 0.2) is 11.5 Å². The van der Waals surface area contributed by atoms with E-state index in [1.54, 1.807) is 12.1 Å². The summed E-state index contributed by atoms with van der Waals surface area (Å²) >= 11 is 0. The van der Waals surface area contributed by atoms with E-state index in [-0.39, 0.29) is 0 Å². The van der Waals surface area contributed by atoms with Crippen LogP contribution >= 0.6 is 0 Å². The maximum Gasteiger partial charge on any atom is 0.316 e. The second-order valence-corrected chi connectivity index (χ2v) is 3.59. The molecule has 0 fully saturated rings. The molecule has 106 valence electrons. The largest absolute Gasteiger partial charge is 0.490 e. The monoisotopic (exact) mass is 268 g/mol. The molecule has 1 aromatic carbocycles. The predicted molar refractivity (Wildman–Crippen MR) is 73.2 cm³/mol. The van der Waals surface area contributed by atoms with E-state index in [0.717, 1.165) is 0 Å². The molecule has 0 aromatic heterocycles. The molecule has 0 saturated carbocycles. The van der Waals surface area contributed by atoms with E-state index in [2.05, 4.69) is 5.32 Å². The summed E-state index contributed by atoms with van der Waals surface area (Å²) in [7, 11) is 0. The molecule has 0 unspecified atom stereocenters. The highest BCUT2D eigenvalue weighted by Crippen LogP contribution is 2.40. The molecule has 6 nitrogen and oxygen atoms in total. The predicted octanol–water partition coefficient (Wildman–Crippen LogP) is 2.37. The number of hydrogen-bond acceptors (Lipinski definition) is 4. The Labute approximate surface area is 112 Å². The minimum absolute atomic E-state index is 0.478. The van der Waals surface area contributed by atoms with Gasteiger partial charge in [-0.25, -0.2) is 4.79 Å². The summed E-state index contributed by atoms with van der Waals surface area (Å²) in [6.07, 6.45) is 0. The highest BCUT2D eigenvalue weighted by molar-refractivity contribution is 5.88. The first-order valence-corrected chi connectivity index (χ1v) is 6.25. The number of rotatable bonds is 7.